The lowest BCUT2D eigenvalue weighted by Gasteiger charge is -2.21. The van der Waals surface area contributed by atoms with Crippen molar-refractivity contribution in [3.8, 4) is 17.0 Å². The number of aryl methyl sites for hydroxylation is 1. The van der Waals surface area contributed by atoms with Gasteiger partial charge in [-0.1, -0.05) is 35.9 Å². The monoisotopic (exact) mass is 609 g/mol. The van der Waals surface area contributed by atoms with Crippen LogP contribution in [0.2, 0.25) is 5.02 Å². The summed E-state index contributed by atoms with van der Waals surface area (Å²) in [6, 6.07) is 10.7. The van der Waals surface area contributed by atoms with E-state index >= 15 is 0 Å². The number of carbonyl (C=O) groups excluding carboxylic acids is 2. The first-order valence-electron chi connectivity index (χ1n) is 13.3. The number of alkyl halides is 3. The van der Waals surface area contributed by atoms with Gasteiger partial charge in [-0.25, -0.2) is 4.98 Å². The van der Waals surface area contributed by atoms with Gasteiger partial charge >= 0.3 is 6.18 Å². The van der Waals surface area contributed by atoms with Crippen LogP contribution < -0.4 is 21.1 Å². The Bertz CT molecular complexity index is 1390. The number of rotatable bonds is 12. The molecule has 2 atom stereocenters. The molecule has 228 valence electrons. The molecule has 2 amide bonds. The SMILES string of the molecule is CCn1cc(-c2ccc(C[C@@H](CNC(=O)CN)NC(=O)c3ccc(O[C@H](C)C(F)(F)F)c(Cl)c3)cc2)nc1C(C)(C)O. The summed E-state index contributed by atoms with van der Waals surface area (Å²) in [6.07, 6.45) is -4.44. The molecule has 3 rings (SSSR count). The van der Waals surface area contributed by atoms with Gasteiger partial charge in [0.2, 0.25) is 5.91 Å². The summed E-state index contributed by atoms with van der Waals surface area (Å²) in [5.41, 5.74) is 6.79. The van der Waals surface area contributed by atoms with Crippen LogP contribution in [-0.2, 0) is 23.4 Å². The molecule has 0 aliphatic heterocycles. The van der Waals surface area contributed by atoms with Gasteiger partial charge in [0.05, 0.1) is 23.3 Å². The highest BCUT2D eigenvalue weighted by Crippen LogP contribution is 2.31. The lowest BCUT2D eigenvalue weighted by Crippen LogP contribution is -2.46. The van der Waals surface area contributed by atoms with E-state index < -0.39 is 35.7 Å². The van der Waals surface area contributed by atoms with Crippen molar-refractivity contribution in [1.29, 1.82) is 0 Å². The predicted octanol–water partition coefficient (Wildman–Crippen LogP) is 4.20. The molecule has 13 heteroatoms. The largest absolute Gasteiger partial charge is 0.480 e. The van der Waals surface area contributed by atoms with Crippen LogP contribution in [0, 0.1) is 0 Å². The number of halogens is 4. The number of ether oxygens (including phenoxy) is 1. The highest BCUT2D eigenvalue weighted by atomic mass is 35.5. The first-order valence-corrected chi connectivity index (χ1v) is 13.7. The summed E-state index contributed by atoms with van der Waals surface area (Å²) >= 11 is 6.10. The van der Waals surface area contributed by atoms with Crippen molar-refractivity contribution < 1.29 is 32.6 Å². The maximum absolute atomic E-state index is 13.0. The van der Waals surface area contributed by atoms with Crippen molar-refractivity contribution in [3.63, 3.8) is 0 Å². The second-order valence-electron chi connectivity index (χ2n) is 10.3. The summed E-state index contributed by atoms with van der Waals surface area (Å²) in [5.74, 6) is -0.595. The van der Waals surface area contributed by atoms with E-state index in [1.54, 1.807) is 13.8 Å². The minimum absolute atomic E-state index is 0.0808. The Morgan fingerprint density at radius 3 is 2.36 bits per heavy atom. The standard InChI is InChI=1S/C29H35ClF3N5O4/c1-5-38-16-23(37-27(38)28(3,4)41)19-8-6-18(7-9-19)12-21(15-35-25(39)14-34)36-26(40)20-10-11-24(22(30)13-20)42-17(2)29(31,32)33/h6-11,13,16-17,21,41H,5,12,14-15,34H2,1-4H3,(H,35,39)(H,36,40)/t17-,21+/m1/s1. The van der Waals surface area contributed by atoms with Gasteiger partial charge in [-0.3, -0.25) is 9.59 Å². The normalized spacial score (nSPS) is 13.4. The van der Waals surface area contributed by atoms with Gasteiger partial charge in [-0.2, -0.15) is 13.2 Å². The van der Waals surface area contributed by atoms with Crippen molar-refractivity contribution in [2.24, 2.45) is 5.73 Å². The topological polar surface area (TPSA) is 132 Å². The summed E-state index contributed by atoms with van der Waals surface area (Å²) in [5, 5.41) is 15.8. The van der Waals surface area contributed by atoms with Crippen LogP contribution >= 0.6 is 11.6 Å². The molecule has 0 aliphatic carbocycles. The number of imidazole rings is 1. The van der Waals surface area contributed by atoms with Gasteiger partial charge < -0.3 is 30.8 Å². The first-order chi connectivity index (χ1) is 19.6. The first kappa shape index (κ1) is 32.9. The Morgan fingerprint density at radius 2 is 1.83 bits per heavy atom. The number of aliphatic hydroxyl groups is 1. The van der Waals surface area contributed by atoms with Crippen LogP contribution in [0.3, 0.4) is 0 Å². The molecule has 3 aromatic rings. The average Bonchev–Trinajstić information content (AvgIpc) is 3.38. The zero-order valence-electron chi connectivity index (χ0n) is 23.8. The molecule has 0 bridgehead atoms. The molecule has 0 spiro atoms. The van der Waals surface area contributed by atoms with Crippen LogP contribution in [-0.4, -0.2) is 57.9 Å². The van der Waals surface area contributed by atoms with Crippen LogP contribution in [0.5, 0.6) is 5.75 Å². The van der Waals surface area contributed by atoms with Crippen molar-refractivity contribution in [3.05, 3.63) is 70.6 Å². The Hall–Kier alpha value is -3.61. The minimum atomic E-state index is -4.57. The third-order valence-corrected chi connectivity index (χ3v) is 6.72. The Kier molecular flexibility index (Phi) is 10.6. The maximum atomic E-state index is 13.0. The number of aromatic nitrogens is 2. The van der Waals surface area contributed by atoms with Gasteiger partial charge in [0.1, 0.15) is 17.2 Å². The third kappa shape index (κ3) is 8.70. The van der Waals surface area contributed by atoms with Crippen LogP contribution in [0.1, 0.15) is 49.4 Å². The fourth-order valence-electron chi connectivity index (χ4n) is 4.13. The number of hydrogen-bond donors (Lipinski definition) is 4. The Morgan fingerprint density at radius 1 is 1.17 bits per heavy atom. The van der Waals surface area contributed by atoms with E-state index in [0.29, 0.717) is 24.5 Å². The minimum Gasteiger partial charge on any atom is -0.480 e. The maximum Gasteiger partial charge on any atom is 0.425 e. The smallest absolute Gasteiger partial charge is 0.425 e. The summed E-state index contributed by atoms with van der Waals surface area (Å²) in [7, 11) is 0. The van der Waals surface area contributed by atoms with Gasteiger partial charge in [-0.05, 0) is 57.9 Å². The molecule has 1 heterocycles. The summed E-state index contributed by atoms with van der Waals surface area (Å²) in [4.78, 5) is 29.4. The molecular formula is C29H35ClF3N5O4. The molecule has 9 nitrogen and oxygen atoms in total. The fraction of sp³-hybridized carbons (Fsp3) is 0.414. The van der Waals surface area contributed by atoms with Crippen molar-refractivity contribution >= 4 is 23.4 Å². The molecule has 0 saturated carbocycles. The fourth-order valence-corrected chi connectivity index (χ4v) is 4.35. The van der Waals surface area contributed by atoms with E-state index in [-0.39, 0.29) is 29.4 Å². The Labute approximate surface area is 247 Å². The second-order valence-corrected chi connectivity index (χ2v) is 10.7. The van der Waals surface area contributed by atoms with Crippen LogP contribution in [0.4, 0.5) is 13.2 Å². The van der Waals surface area contributed by atoms with E-state index in [9.17, 15) is 27.9 Å². The molecule has 0 fully saturated rings. The van der Waals surface area contributed by atoms with E-state index in [4.69, 9.17) is 22.1 Å². The molecule has 0 aliphatic rings. The molecular weight excluding hydrogens is 575 g/mol. The number of nitrogens with one attached hydrogen (secondary N) is 2. The van der Waals surface area contributed by atoms with Crippen molar-refractivity contribution in [2.75, 3.05) is 13.1 Å². The zero-order valence-corrected chi connectivity index (χ0v) is 24.5. The van der Waals surface area contributed by atoms with E-state index in [0.717, 1.165) is 18.1 Å². The number of amides is 2. The van der Waals surface area contributed by atoms with Gasteiger partial charge in [0.25, 0.3) is 5.91 Å². The molecule has 1 aromatic heterocycles. The molecule has 0 saturated heterocycles. The van der Waals surface area contributed by atoms with E-state index in [1.807, 2.05) is 42.0 Å². The van der Waals surface area contributed by atoms with Crippen molar-refractivity contribution in [1.82, 2.24) is 20.2 Å². The van der Waals surface area contributed by atoms with Crippen LogP contribution in [0.25, 0.3) is 11.3 Å². The average molecular weight is 610 g/mol. The lowest BCUT2D eigenvalue weighted by atomic mass is 10.0. The number of benzene rings is 2. The van der Waals surface area contributed by atoms with E-state index in [1.165, 1.54) is 18.2 Å². The zero-order chi connectivity index (χ0) is 31.2. The summed E-state index contributed by atoms with van der Waals surface area (Å²) < 4.78 is 45.3. The van der Waals surface area contributed by atoms with E-state index in [2.05, 4.69) is 15.6 Å². The number of hydrogen-bond acceptors (Lipinski definition) is 6. The number of carbonyl (C=O) groups is 2. The predicted molar refractivity (Wildman–Crippen MR) is 153 cm³/mol. The van der Waals surface area contributed by atoms with Gasteiger partial charge in [0.15, 0.2) is 6.10 Å². The number of nitrogens with two attached hydrogens (primary N) is 1. The van der Waals surface area contributed by atoms with Crippen molar-refractivity contribution in [2.45, 2.75) is 64.6 Å². The molecule has 2 aromatic carbocycles. The molecule has 5 N–H and O–H groups in total. The highest BCUT2D eigenvalue weighted by molar-refractivity contribution is 6.32. The number of nitrogens with zero attached hydrogens (tertiary/aromatic N) is 2. The molecule has 42 heavy (non-hydrogen) atoms. The van der Waals surface area contributed by atoms with Gasteiger partial charge in [0, 0.05) is 30.4 Å². The summed E-state index contributed by atoms with van der Waals surface area (Å²) in [6.45, 7) is 6.68. The second kappa shape index (κ2) is 13.6. The van der Waals surface area contributed by atoms with Crippen LogP contribution in [0.15, 0.2) is 48.7 Å². The lowest BCUT2D eigenvalue weighted by molar-refractivity contribution is -0.189. The highest BCUT2D eigenvalue weighted by Gasteiger charge is 2.38. The van der Waals surface area contributed by atoms with Gasteiger partial charge in [-0.15, -0.1) is 0 Å². The quantitative estimate of drug-likeness (QED) is 0.243. The molecule has 0 radical (unpaired) electrons. The third-order valence-electron chi connectivity index (χ3n) is 6.42. The Balaban J connectivity index is 1.76. The molecule has 0 unspecified atom stereocenters.